The number of para-hydroxylation sites is 3. The third-order valence-corrected chi connectivity index (χ3v) is 3.73. The fourth-order valence-corrected chi connectivity index (χ4v) is 2.57. The van der Waals surface area contributed by atoms with Crippen LogP contribution in [-0.4, -0.2) is 23.9 Å². The number of aromatic nitrogens is 1. The Labute approximate surface area is 129 Å². The van der Waals surface area contributed by atoms with Crippen LogP contribution in [0.3, 0.4) is 0 Å². The molecule has 1 aromatic heterocycles. The molecule has 0 spiro atoms. The molecular formula is C18H18N2O2. The maximum atomic E-state index is 12.7. The Kier molecular flexibility index (Phi) is 3.83. The summed E-state index contributed by atoms with van der Waals surface area (Å²) in [6, 6.07) is 15.0. The smallest absolute Gasteiger partial charge is 0.186 e. The molecule has 0 saturated carbocycles. The zero-order valence-corrected chi connectivity index (χ0v) is 12.6. The van der Waals surface area contributed by atoms with Crippen LogP contribution in [0.4, 0.5) is 5.69 Å². The quantitative estimate of drug-likeness (QED) is 0.703. The standard InChI is InChI=1S/C18H18N2O2/c1-12(20-16-9-5-6-10-17(16)22-2)18(21)14-11-19-15-8-4-3-7-13(14)15/h3-12,19-20H,1-2H3. The van der Waals surface area contributed by atoms with Gasteiger partial charge in [-0.2, -0.15) is 0 Å². The van der Waals surface area contributed by atoms with Gasteiger partial charge in [0.05, 0.1) is 18.8 Å². The van der Waals surface area contributed by atoms with Crippen LogP contribution in [0.5, 0.6) is 5.75 Å². The Balaban J connectivity index is 1.86. The number of H-pyrrole nitrogens is 1. The highest BCUT2D eigenvalue weighted by molar-refractivity contribution is 6.11. The average Bonchev–Trinajstić information content (AvgIpc) is 2.98. The van der Waals surface area contributed by atoms with E-state index in [4.69, 9.17) is 4.74 Å². The predicted octanol–water partition coefficient (Wildman–Crippen LogP) is 3.86. The monoisotopic (exact) mass is 294 g/mol. The van der Waals surface area contributed by atoms with Crippen LogP contribution < -0.4 is 10.1 Å². The molecule has 1 unspecified atom stereocenters. The number of hydrogen-bond donors (Lipinski definition) is 2. The van der Waals surface area contributed by atoms with Gasteiger partial charge in [-0.3, -0.25) is 4.79 Å². The van der Waals surface area contributed by atoms with E-state index in [-0.39, 0.29) is 11.8 Å². The third-order valence-electron chi connectivity index (χ3n) is 3.73. The number of carbonyl (C=O) groups is 1. The topological polar surface area (TPSA) is 54.1 Å². The van der Waals surface area contributed by atoms with Crippen LogP contribution in [0.2, 0.25) is 0 Å². The fourth-order valence-electron chi connectivity index (χ4n) is 2.57. The van der Waals surface area contributed by atoms with Gasteiger partial charge >= 0.3 is 0 Å². The lowest BCUT2D eigenvalue weighted by Gasteiger charge is -2.16. The van der Waals surface area contributed by atoms with Crippen LogP contribution in [0.25, 0.3) is 10.9 Å². The summed E-state index contributed by atoms with van der Waals surface area (Å²) in [6.45, 7) is 1.86. The second kappa shape index (κ2) is 5.93. The number of fused-ring (bicyclic) bond motifs is 1. The lowest BCUT2D eigenvalue weighted by atomic mass is 10.0. The molecule has 2 aromatic carbocycles. The van der Waals surface area contributed by atoms with Gasteiger partial charge in [0.2, 0.25) is 0 Å². The average molecular weight is 294 g/mol. The molecular weight excluding hydrogens is 276 g/mol. The molecule has 4 heteroatoms. The van der Waals surface area contributed by atoms with Gasteiger partial charge in [-0.1, -0.05) is 30.3 Å². The van der Waals surface area contributed by atoms with Crippen molar-refractivity contribution in [1.29, 1.82) is 0 Å². The molecule has 0 aliphatic rings. The molecule has 22 heavy (non-hydrogen) atoms. The molecule has 0 bridgehead atoms. The highest BCUT2D eigenvalue weighted by Gasteiger charge is 2.19. The fraction of sp³-hybridized carbons (Fsp3) is 0.167. The van der Waals surface area contributed by atoms with E-state index < -0.39 is 0 Å². The first kappa shape index (κ1) is 14.2. The Hall–Kier alpha value is -2.75. The summed E-state index contributed by atoms with van der Waals surface area (Å²) in [5, 5.41) is 4.17. The number of Topliss-reactive ketones (excluding diaryl/α,β-unsaturated/α-hetero) is 1. The molecule has 1 heterocycles. The van der Waals surface area contributed by atoms with Crippen LogP contribution >= 0.6 is 0 Å². The van der Waals surface area contributed by atoms with Gasteiger partial charge in [-0.25, -0.2) is 0 Å². The molecule has 0 saturated heterocycles. The first-order valence-electron chi connectivity index (χ1n) is 7.20. The zero-order valence-electron chi connectivity index (χ0n) is 12.6. The first-order chi connectivity index (χ1) is 10.7. The van der Waals surface area contributed by atoms with Crippen molar-refractivity contribution >= 4 is 22.4 Å². The maximum Gasteiger partial charge on any atom is 0.186 e. The van der Waals surface area contributed by atoms with Crippen molar-refractivity contribution in [3.05, 3.63) is 60.3 Å². The van der Waals surface area contributed by atoms with Gasteiger partial charge in [0.1, 0.15) is 5.75 Å². The van der Waals surface area contributed by atoms with Gasteiger partial charge in [-0.05, 0) is 25.1 Å². The Morgan fingerprint density at radius 2 is 1.86 bits per heavy atom. The minimum absolute atomic E-state index is 0.0448. The predicted molar refractivity (Wildman–Crippen MR) is 88.7 cm³/mol. The lowest BCUT2D eigenvalue weighted by molar-refractivity contribution is 0.0977. The Bertz CT molecular complexity index is 807. The van der Waals surface area contributed by atoms with Gasteiger partial charge in [0, 0.05) is 22.7 Å². The van der Waals surface area contributed by atoms with E-state index in [0.29, 0.717) is 5.56 Å². The van der Waals surface area contributed by atoms with E-state index in [1.54, 1.807) is 13.3 Å². The van der Waals surface area contributed by atoms with E-state index in [1.807, 2.05) is 55.5 Å². The highest BCUT2D eigenvalue weighted by Crippen LogP contribution is 2.25. The molecule has 0 aliphatic carbocycles. The van der Waals surface area contributed by atoms with Crippen molar-refractivity contribution in [2.75, 3.05) is 12.4 Å². The third kappa shape index (κ3) is 2.55. The van der Waals surface area contributed by atoms with Gasteiger partial charge in [0.15, 0.2) is 5.78 Å². The second-order valence-electron chi connectivity index (χ2n) is 5.18. The van der Waals surface area contributed by atoms with Crippen molar-refractivity contribution in [2.24, 2.45) is 0 Å². The van der Waals surface area contributed by atoms with Crippen molar-refractivity contribution < 1.29 is 9.53 Å². The number of benzene rings is 2. The van der Waals surface area contributed by atoms with Gasteiger partial charge in [0.25, 0.3) is 0 Å². The van der Waals surface area contributed by atoms with Crippen LogP contribution in [-0.2, 0) is 0 Å². The number of rotatable bonds is 5. The van der Waals surface area contributed by atoms with Crippen molar-refractivity contribution in [2.45, 2.75) is 13.0 Å². The minimum Gasteiger partial charge on any atom is -0.495 e. The summed E-state index contributed by atoms with van der Waals surface area (Å²) in [6.07, 6.45) is 1.77. The number of methoxy groups -OCH3 is 1. The Morgan fingerprint density at radius 3 is 2.68 bits per heavy atom. The number of hydrogen-bond acceptors (Lipinski definition) is 3. The number of nitrogens with one attached hydrogen (secondary N) is 2. The van der Waals surface area contributed by atoms with Crippen molar-refractivity contribution in [1.82, 2.24) is 4.98 Å². The van der Waals surface area contributed by atoms with E-state index in [9.17, 15) is 4.79 Å². The molecule has 112 valence electrons. The van der Waals surface area contributed by atoms with Crippen molar-refractivity contribution in [3.63, 3.8) is 0 Å². The SMILES string of the molecule is COc1ccccc1NC(C)C(=O)c1c[nH]c2ccccc12. The minimum atomic E-state index is -0.351. The molecule has 3 rings (SSSR count). The number of aromatic amines is 1. The molecule has 3 aromatic rings. The number of ketones is 1. The molecule has 0 radical (unpaired) electrons. The number of ether oxygens (including phenoxy) is 1. The molecule has 0 aliphatic heterocycles. The summed E-state index contributed by atoms with van der Waals surface area (Å²) in [4.78, 5) is 15.8. The maximum absolute atomic E-state index is 12.7. The second-order valence-corrected chi connectivity index (χ2v) is 5.18. The van der Waals surface area contributed by atoms with E-state index in [0.717, 1.165) is 22.3 Å². The van der Waals surface area contributed by atoms with Crippen LogP contribution in [0.1, 0.15) is 17.3 Å². The van der Waals surface area contributed by atoms with Crippen LogP contribution in [0.15, 0.2) is 54.7 Å². The Morgan fingerprint density at radius 1 is 1.14 bits per heavy atom. The molecule has 0 fully saturated rings. The van der Waals surface area contributed by atoms with Crippen LogP contribution in [0, 0.1) is 0 Å². The number of anilines is 1. The number of carbonyl (C=O) groups excluding carboxylic acids is 1. The van der Waals surface area contributed by atoms with E-state index in [2.05, 4.69) is 10.3 Å². The summed E-state index contributed by atoms with van der Waals surface area (Å²) >= 11 is 0. The largest absolute Gasteiger partial charge is 0.495 e. The lowest BCUT2D eigenvalue weighted by Crippen LogP contribution is -2.26. The summed E-state index contributed by atoms with van der Waals surface area (Å²) in [5.74, 6) is 0.768. The van der Waals surface area contributed by atoms with E-state index in [1.165, 1.54) is 0 Å². The zero-order chi connectivity index (χ0) is 15.5. The van der Waals surface area contributed by atoms with E-state index >= 15 is 0 Å². The molecule has 0 amide bonds. The van der Waals surface area contributed by atoms with Gasteiger partial charge in [-0.15, -0.1) is 0 Å². The molecule has 4 nitrogen and oxygen atoms in total. The summed E-state index contributed by atoms with van der Waals surface area (Å²) < 4.78 is 5.31. The first-order valence-corrected chi connectivity index (χ1v) is 7.20. The van der Waals surface area contributed by atoms with Gasteiger partial charge < -0.3 is 15.0 Å². The van der Waals surface area contributed by atoms with Crippen molar-refractivity contribution in [3.8, 4) is 5.75 Å². The normalized spacial score (nSPS) is 12.1. The highest BCUT2D eigenvalue weighted by atomic mass is 16.5. The molecule has 2 N–H and O–H groups in total. The molecule has 1 atom stereocenters. The summed E-state index contributed by atoms with van der Waals surface area (Å²) in [7, 11) is 1.62. The summed E-state index contributed by atoms with van der Waals surface area (Å²) in [5.41, 5.74) is 2.48.